The molecule has 21 heavy (non-hydrogen) atoms. The summed E-state index contributed by atoms with van der Waals surface area (Å²) in [6, 6.07) is 7.86. The second-order valence-electron chi connectivity index (χ2n) is 5.02. The Morgan fingerprint density at radius 1 is 1.38 bits per heavy atom. The van der Waals surface area contributed by atoms with E-state index < -0.39 is 5.97 Å². The number of fused-ring (bicyclic) bond motifs is 1. The number of carboxylic acid groups (broad SMARTS) is 1. The Balaban J connectivity index is 1.73. The molecule has 1 N–H and O–H groups in total. The lowest BCUT2D eigenvalue weighted by molar-refractivity contribution is -0.137. The standard InChI is InChI=1S/C15H16N2O4/c18-14(19)7-3-6-13-16-15(17-21-13)11-8-9-20-12-5-2-1-4-10(11)12/h1-2,4-5,11H,3,6-9H2,(H,18,19). The normalized spacial score (nSPS) is 17.0. The molecule has 1 aliphatic heterocycles. The molecule has 2 heterocycles. The zero-order chi connectivity index (χ0) is 14.7. The summed E-state index contributed by atoms with van der Waals surface area (Å²) in [7, 11) is 0. The summed E-state index contributed by atoms with van der Waals surface area (Å²) in [5.41, 5.74) is 1.07. The smallest absolute Gasteiger partial charge is 0.303 e. The molecular formula is C15H16N2O4. The van der Waals surface area contributed by atoms with E-state index in [0.717, 1.165) is 17.7 Å². The molecule has 2 aromatic rings. The van der Waals surface area contributed by atoms with Gasteiger partial charge in [-0.1, -0.05) is 23.4 Å². The molecule has 6 heteroatoms. The van der Waals surface area contributed by atoms with Gasteiger partial charge in [0.25, 0.3) is 0 Å². The number of ether oxygens (including phenoxy) is 1. The summed E-state index contributed by atoms with van der Waals surface area (Å²) in [5.74, 6) is 1.28. The average Bonchev–Trinajstić information content (AvgIpc) is 2.95. The zero-order valence-corrected chi connectivity index (χ0v) is 11.5. The molecule has 3 rings (SSSR count). The van der Waals surface area contributed by atoms with Crippen LogP contribution < -0.4 is 4.74 Å². The number of aliphatic carboxylic acids is 1. The molecule has 6 nitrogen and oxygen atoms in total. The molecule has 0 spiro atoms. The minimum absolute atomic E-state index is 0.0759. The second kappa shape index (κ2) is 5.95. The van der Waals surface area contributed by atoms with E-state index in [1.54, 1.807) is 0 Å². The van der Waals surface area contributed by atoms with E-state index in [4.69, 9.17) is 14.4 Å². The third kappa shape index (κ3) is 3.04. The summed E-state index contributed by atoms with van der Waals surface area (Å²) in [6.07, 6.45) is 1.91. The second-order valence-corrected chi connectivity index (χ2v) is 5.02. The third-order valence-electron chi connectivity index (χ3n) is 3.54. The molecule has 0 saturated heterocycles. The number of aryl methyl sites for hydroxylation is 1. The predicted molar refractivity (Wildman–Crippen MR) is 73.3 cm³/mol. The van der Waals surface area contributed by atoms with Crippen molar-refractivity contribution in [1.82, 2.24) is 10.1 Å². The van der Waals surface area contributed by atoms with E-state index in [1.165, 1.54) is 0 Å². The number of para-hydroxylation sites is 1. The summed E-state index contributed by atoms with van der Waals surface area (Å²) >= 11 is 0. The van der Waals surface area contributed by atoms with Gasteiger partial charge in [-0.05, 0) is 18.9 Å². The van der Waals surface area contributed by atoms with Gasteiger partial charge in [0.05, 0.1) is 12.5 Å². The molecule has 0 aliphatic carbocycles. The zero-order valence-electron chi connectivity index (χ0n) is 11.5. The molecule has 0 fully saturated rings. The molecule has 0 bridgehead atoms. The SMILES string of the molecule is O=C(O)CCCc1nc(C2CCOc3ccccc32)no1. The summed E-state index contributed by atoms with van der Waals surface area (Å²) in [6.45, 7) is 0.630. The molecule has 0 amide bonds. The first-order valence-corrected chi connectivity index (χ1v) is 7.00. The summed E-state index contributed by atoms with van der Waals surface area (Å²) in [5, 5.41) is 12.7. The van der Waals surface area contributed by atoms with Crippen LogP contribution in [0.25, 0.3) is 0 Å². The Morgan fingerprint density at radius 2 is 2.24 bits per heavy atom. The fourth-order valence-electron chi connectivity index (χ4n) is 2.51. The van der Waals surface area contributed by atoms with Crippen LogP contribution in [-0.2, 0) is 11.2 Å². The summed E-state index contributed by atoms with van der Waals surface area (Å²) < 4.78 is 10.8. The Labute approximate surface area is 121 Å². The van der Waals surface area contributed by atoms with Gasteiger partial charge in [0, 0.05) is 18.4 Å². The first-order chi connectivity index (χ1) is 10.2. The first kappa shape index (κ1) is 13.6. The van der Waals surface area contributed by atoms with Crippen molar-refractivity contribution in [3.63, 3.8) is 0 Å². The fraction of sp³-hybridized carbons (Fsp3) is 0.400. The number of hydrogen-bond donors (Lipinski definition) is 1. The van der Waals surface area contributed by atoms with Crippen LogP contribution in [0.2, 0.25) is 0 Å². The van der Waals surface area contributed by atoms with Crippen LogP contribution in [0.3, 0.4) is 0 Å². The van der Waals surface area contributed by atoms with Crippen LogP contribution in [0.5, 0.6) is 5.75 Å². The molecule has 1 aromatic carbocycles. The maximum atomic E-state index is 10.5. The van der Waals surface area contributed by atoms with E-state index in [0.29, 0.717) is 31.2 Å². The number of carbonyl (C=O) groups is 1. The number of aromatic nitrogens is 2. The number of rotatable bonds is 5. The predicted octanol–water partition coefficient (Wildman–Crippen LogP) is 2.39. The number of nitrogens with zero attached hydrogens (tertiary/aromatic N) is 2. The van der Waals surface area contributed by atoms with Crippen molar-refractivity contribution in [2.75, 3.05) is 6.61 Å². The Hall–Kier alpha value is -2.37. The van der Waals surface area contributed by atoms with Gasteiger partial charge in [-0.15, -0.1) is 0 Å². The minimum Gasteiger partial charge on any atom is -0.493 e. The highest BCUT2D eigenvalue weighted by atomic mass is 16.5. The van der Waals surface area contributed by atoms with Crippen molar-refractivity contribution < 1.29 is 19.2 Å². The molecular weight excluding hydrogens is 272 g/mol. The van der Waals surface area contributed by atoms with Crippen molar-refractivity contribution in [1.29, 1.82) is 0 Å². The van der Waals surface area contributed by atoms with Crippen LogP contribution in [0.1, 0.15) is 42.5 Å². The molecule has 1 aliphatic rings. The van der Waals surface area contributed by atoms with Crippen LogP contribution in [0.15, 0.2) is 28.8 Å². The van der Waals surface area contributed by atoms with E-state index in [1.807, 2.05) is 24.3 Å². The number of hydrogen-bond acceptors (Lipinski definition) is 5. The van der Waals surface area contributed by atoms with Crippen molar-refractivity contribution in [2.45, 2.75) is 31.6 Å². The molecule has 1 unspecified atom stereocenters. The van der Waals surface area contributed by atoms with Gasteiger partial charge in [-0.2, -0.15) is 4.98 Å². The van der Waals surface area contributed by atoms with E-state index in [2.05, 4.69) is 10.1 Å². The maximum absolute atomic E-state index is 10.5. The average molecular weight is 288 g/mol. The maximum Gasteiger partial charge on any atom is 0.303 e. The van der Waals surface area contributed by atoms with Crippen molar-refractivity contribution in [3.8, 4) is 5.75 Å². The van der Waals surface area contributed by atoms with Crippen LogP contribution >= 0.6 is 0 Å². The largest absolute Gasteiger partial charge is 0.493 e. The minimum atomic E-state index is -0.812. The monoisotopic (exact) mass is 288 g/mol. The lowest BCUT2D eigenvalue weighted by atomic mass is 9.92. The first-order valence-electron chi connectivity index (χ1n) is 7.00. The highest BCUT2D eigenvalue weighted by molar-refractivity contribution is 5.66. The highest BCUT2D eigenvalue weighted by Gasteiger charge is 2.26. The Kier molecular flexibility index (Phi) is 3.85. The van der Waals surface area contributed by atoms with Gasteiger partial charge >= 0.3 is 5.97 Å². The van der Waals surface area contributed by atoms with Crippen LogP contribution in [-0.4, -0.2) is 27.8 Å². The number of carboxylic acids is 1. The van der Waals surface area contributed by atoms with Gasteiger partial charge in [-0.25, -0.2) is 0 Å². The van der Waals surface area contributed by atoms with Crippen LogP contribution in [0, 0.1) is 0 Å². The van der Waals surface area contributed by atoms with Gasteiger partial charge in [-0.3, -0.25) is 4.79 Å². The molecule has 110 valence electrons. The molecule has 0 saturated carbocycles. The van der Waals surface area contributed by atoms with E-state index in [-0.39, 0.29) is 12.3 Å². The fourth-order valence-corrected chi connectivity index (χ4v) is 2.51. The van der Waals surface area contributed by atoms with Gasteiger partial charge in [0.1, 0.15) is 5.75 Å². The lowest BCUT2D eigenvalue weighted by Gasteiger charge is -2.23. The third-order valence-corrected chi connectivity index (χ3v) is 3.54. The van der Waals surface area contributed by atoms with Crippen molar-refractivity contribution in [2.24, 2.45) is 0 Å². The van der Waals surface area contributed by atoms with Gasteiger partial charge < -0.3 is 14.4 Å². The van der Waals surface area contributed by atoms with E-state index in [9.17, 15) is 4.79 Å². The molecule has 0 radical (unpaired) electrons. The Bertz CT molecular complexity index is 638. The van der Waals surface area contributed by atoms with Crippen molar-refractivity contribution in [3.05, 3.63) is 41.5 Å². The Morgan fingerprint density at radius 3 is 3.10 bits per heavy atom. The quantitative estimate of drug-likeness (QED) is 0.909. The summed E-state index contributed by atoms with van der Waals surface area (Å²) in [4.78, 5) is 14.9. The topological polar surface area (TPSA) is 85.5 Å². The molecule has 1 aromatic heterocycles. The van der Waals surface area contributed by atoms with Gasteiger partial charge in [0.15, 0.2) is 5.82 Å². The molecule has 1 atom stereocenters. The lowest BCUT2D eigenvalue weighted by Crippen LogP contribution is -2.16. The van der Waals surface area contributed by atoms with Crippen molar-refractivity contribution >= 4 is 5.97 Å². The highest BCUT2D eigenvalue weighted by Crippen LogP contribution is 2.36. The van der Waals surface area contributed by atoms with E-state index >= 15 is 0 Å². The van der Waals surface area contributed by atoms with Gasteiger partial charge in [0.2, 0.25) is 5.89 Å². The number of benzene rings is 1. The van der Waals surface area contributed by atoms with Crippen LogP contribution in [0.4, 0.5) is 0 Å².